The number of hydrogen-bond donors (Lipinski definition) is 1. The normalized spacial score (nSPS) is 14.6. The van der Waals surface area contributed by atoms with Crippen LogP contribution in [-0.2, 0) is 23.0 Å². The molecular formula is C22H22N2O3S. The molecule has 0 aliphatic carbocycles. The fourth-order valence-electron chi connectivity index (χ4n) is 3.56. The molecule has 0 saturated carbocycles. The van der Waals surface area contributed by atoms with Crippen LogP contribution in [0.25, 0.3) is 10.8 Å². The Kier molecular flexibility index (Phi) is 4.91. The molecular weight excluding hydrogens is 372 g/mol. The lowest BCUT2D eigenvalue weighted by Crippen LogP contribution is -2.36. The maximum absolute atomic E-state index is 12.7. The second-order valence-electron chi connectivity index (χ2n) is 6.98. The van der Waals surface area contributed by atoms with Crippen LogP contribution in [0, 0.1) is 0 Å². The molecule has 1 N–H and O–H groups in total. The van der Waals surface area contributed by atoms with Crippen LogP contribution in [0.4, 0.5) is 5.69 Å². The van der Waals surface area contributed by atoms with Gasteiger partial charge in [-0.05, 0) is 59.5 Å². The minimum atomic E-state index is -3.22. The van der Waals surface area contributed by atoms with Crippen LogP contribution in [0.5, 0.6) is 0 Å². The fourth-order valence-corrected chi connectivity index (χ4v) is 4.63. The molecule has 1 aliphatic rings. The Morgan fingerprint density at radius 3 is 2.57 bits per heavy atom. The summed E-state index contributed by atoms with van der Waals surface area (Å²) < 4.78 is 25.9. The number of anilines is 1. The summed E-state index contributed by atoms with van der Waals surface area (Å²) in [7, 11) is -3.22. The third-order valence-electron chi connectivity index (χ3n) is 5.21. The van der Waals surface area contributed by atoms with E-state index in [-0.39, 0.29) is 11.7 Å². The van der Waals surface area contributed by atoms with Crippen molar-refractivity contribution in [2.24, 2.45) is 0 Å². The van der Waals surface area contributed by atoms with Crippen molar-refractivity contribution in [2.45, 2.75) is 19.9 Å². The van der Waals surface area contributed by atoms with E-state index in [1.54, 1.807) is 6.92 Å². The maximum Gasteiger partial charge on any atom is 0.255 e. The number of sulfonamides is 1. The number of amides is 1. The van der Waals surface area contributed by atoms with E-state index >= 15 is 0 Å². The van der Waals surface area contributed by atoms with Crippen molar-refractivity contribution in [2.75, 3.05) is 17.6 Å². The van der Waals surface area contributed by atoms with Gasteiger partial charge in [0, 0.05) is 24.3 Å². The number of carbonyl (C=O) groups is 1. The molecule has 1 aliphatic heterocycles. The van der Waals surface area contributed by atoms with Gasteiger partial charge in [-0.3, -0.25) is 4.79 Å². The van der Waals surface area contributed by atoms with Crippen LogP contribution in [0.2, 0.25) is 0 Å². The lowest BCUT2D eigenvalue weighted by Gasteiger charge is -2.28. The predicted molar refractivity (Wildman–Crippen MR) is 112 cm³/mol. The van der Waals surface area contributed by atoms with E-state index in [4.69, 9.17) is 0 Å². The number of rotatable bonds is 4. The molecule has 1 amide bonds. The molecule has 1 heterocycles. The largest absolute Gasteiger partial charge is 0.322 e. The first kappa shape index (κ1) is 18.7. The highest BCUT2D eigenvalue weighted by Gasteiger charge is 2.25. The number of benzene rings is 3. The van der Waals surface area contributed by atoms with Crippen LogP contribution >= 0.6 is 0 Å². The molecule has 0 unspecified atom stereocenters. The van der Waals surface area contributed by atoms with E-state index < -0.39 is 10.0 Å². The first-order chi connectivity index (χ1) is 13.5. The third-order valence-corrected chi connectivity index (χ3v) is 7.04. The Morgan fingerprint density at radius 1 is 1.00 bits per heavy atom. The van der Waals surface area contributed by atoms with Crippen molar-refractivity contribution >= 4 is 32.4 Å². The van der Waals surface area contributed by atoms with Crippen molar-refractivity contribution in [1.82, 2.24) is 4.31 Å². The Bertz CT molecular complexity index is 1160. The van der Waals surface area contributed by atoms with Gasteiger partial charge >= 0.3 is 0 Å². The number of hydrogen-bond acceptors (Lipinski definition) is 3. The molecule has 0 spiro atoms. The molecule has 3 aromatic carbocycles. The van der Waals surface area contributed by atoms with Crippen molar-refractivity contribution in [3.05, 3.63) is 77.4 Å². The van der Waals surface area contributed by atoms with E-state index in [1.165, 1.54) is 4.31 Å². The predicted octanol–water partition coefficient (Wildman–Crippen LogP) is 3.80. The Labute approximate surface area is 165 Å². The van der Waals surface area contributed by atoms with Crippen LogP contribution in [0.3, 0.4) is 0 Å². The molecule has 0 radical (unpaired) electrons. The summed E-state index contributed by atoms with van der Waals surface area (Å²) in [5.74, 6) is -0.0830. The van der Waals surface area contributed by atoms with E-state index in [1.807, 2.05) is 60.7 Å². The summed E-state index contributed by atoms with van der Waals surface area (Å²) in [6, 6.07) is 19.3. The quantitative estimate of drug-likeness (QED) is 0.732. The third kappa shape index (κ3) is 3.66. The number of carbonyl (C=O) groups excluding carboxylic acids is 1. The molecule has 5 nitrogen and oxygen atoms in total. The van der Waals surface area contributed by atoms with E-state index in [2.05, 4.69) is 5.32 Å². The average molecular weight is 394 g/mol. The molecule has 4 rings (SSSR count). The van der Waals surface area contributed by atoms with Gasteiger partial charge in [0.05, 0.1) is 5.75 Å². The highest BCUT2D eigenvalue weighted by Crippen LogP contribution is 2.25. The van der Waals surface area contributed by atoms with Gasteiger partial charge in [0.25, 0.3) is 5.91 Å². The lowest BCUT2D eigenvalue weighted by atomic mass is 10.0. The molecule has 0 saturated heterocycles. The zero-order valence-electron chi connectivity index (χ0n) is 15.7. The van der Waals surface area contributed by atoms with E-state index in [0.29, 0.717) is 30.8 Å². The van der Waals surface area contributed by atoms with Crippen molar-refractivity contribution in [1.29, 1.82) is 0 Å². The van der Waals surface area contributed by atoms with Gasteiger partial charge in [-0.1, -0.05) is 36.4 Å². The number of nitrogens with one attached hydrogen (secondary N) is 1. The molecule has 0 aromatic heterocycles. The Balaban J connectivity index is 1.55. The van der Waals surface area contributed by atoms with Crippen molar-refractivity contribution < 1.29 is 13.2 Å². The molecule has 0 bridgehead atoms. The summed E-state index contributed by atoms with van der Waals surface area (Å²) >= 11 is 0. The topological polar surface area (TPSA) is 66.5 Å². The van der Waals surface area contributed by atoms with Crippen LogP contribution in [0.1, 0.15) is 28.4 Å². The average Bonchev–Trinajstić information content (AvgIpc) is 2.72. The summed E-state index contributed by atoms with van der Waals surface area (Å²) in [5, 5.41) is 5.04. The fraction of sp³-hybridized carbons (Fsp3) is 0.227. The van der Waals surface area contributed by atoms with Crippen LogP contribution < -0.4 is 5.32 Å². The second kappa shape index (κ2) is 7.37. The zero-order chi connectivity index (χ0) is 19.7. The molecule has 0 fully saturated rings. The summed E-state index contributed by atoms with van der Waals surface area (Å²) in [5.41, 5.74) is 3.34. The van der Waals surface area contributed by atoms with Gasteiger partial charge in [0.1, 0.15) is 0 Å². The summed E-state index contributed by atoms with van der Waals surface area (Å²) in [6.07, 6.45) is 0.688. The SMILES string of the molecule is CCS(=O)(=O)N1CCc2ccc(NC(=O)c3ccc4ccccc4c3)cc2C1. The summed E-state index contributed by atoms with van der Waals surface area (Å²) in [4.78, 5) is 12.7. The van der Waals surface area contributed by atoms with Gasteiger partial charge in [0.2, 0.25) is 10.0 Å². The molecule has 0 atom stereocenters. The van der Waals surface area contributed by atoms with Gasteiger partial charge < -0.3 is 5.32 Å². The molecule has 144 valence electrons. The highest BCUT2D eigenvalue weighted by atomic mass is 32.2. The van der Waals surface area contributed by atoms with Gasteiger partial charge in [0.15, 0.2) is 0 Å². The first-order valence-corrected chi connectivity index (χ1v) is 11.0. The minimum Gasteiger partial charge on any atom is -0.322 e. The van der Waals surface area contributed by atoms with Gasteiger partial charge in [-0.15, -0.1) is 0 Å². The molecule has 3 aromatic rings. The van der Waals surface area contributed by atoms with Gasteiger partial charge in [-0.25, -0.2) is 8.42 Å². The van der Waals surface area contributed by atoms with Crippen LogP contribution in [0.15, 0.2) is 60.7 Å². The minimum absolute atomic E-state index is 0.0979. The van der Waals surface area contributed by atoms with Crippen LogP contribution in [-0.4, -0.2) is 30.9 Å². The second-order valence-corrected chi connectivity index (χ2v) is 9.24. The monoisotopic (exact) mass is 394 g/mol. The maximum atomic E-state index is 12.7. The zero-order valence-corrected chi connectivity index (χ0v) is 16.5. The number of nitrogens with zero attached hydrogens (tertiary/aromatic N) is 1. The summed E-state index contributed by atoms with van der Waals surface area (Å²) in [6.45, 7) is 2.52. The Hall–Kier alpha value is -2.70. The smallest absolute Gasteiger partial charge is 0.255 e. The standard InChI is InChI=1S/C22H22N2O3S/c1-2-28(26,27)24-12-11-17-9-10-21(14-20(17)15-24)23-22(25)19-8-7-16-5-3-4-6-18(16)13-19/h3-10,13-14H,2,11-12,15H2,1H3,(H,23,25). The molecule has 28 heavy (non-hydrogen) atoms. The lowest BCUT2D eigenvalue weighted by molar-refractivity contribution is 0.102. The molecule has 6 heteroatoms. The number of fused-ring (bicyclic) bond motifs is 2. The van der Waals surface area contributed by atoms with E-state index in [0.717, 1.165) is 21.9 Å². The van der Waals surface area contributed by atoms with Gasteiger partial charge in [-0.2, -0.15) is 4.31 Å². The highest BCUT2D eigenvalue weighted by molar-refractivity contribution is 7.89. The first-order valence-electron chi connectivity index (χ1n) is 9.36. The van der Waals surface area contributed by atoms with Crippen molar-refractivity contribution in [3.63, 3.8) is 0 Å². The van der Waals surface area contributed by atoms with E-state index in [9.17, 15) is 13.2 Å². The van der Waals surface area contributed by atoms with Crippen molar-refractivity contribution in [3.8, 4) is 0 Å². The Morgan fingerprint density at radius 2 is 1.79 bits per heavy atom.